The van der Waals surface area contributed by atoms with Crippen LogP contribution in [0.5, 0.6) is 0 Å². The largest absolute Gasteiger partial charge is 0.0984 e. The molecule has 0 unspecified atom stereocenters. The van der Waals surface area contributed by atoms with E-state index in [1.165, 1.54) is 16.7 Å². The van der Waals surface area contributed by atoms with Crippen LogP contribution in [-0.2, 0) is 6.42 Å². The fourth-order valence-electron chi connectivity index (χ4n) is 1.87. The minimum Gasteiger partial charge on any atom is -0.0984 e. The normalized spacial score (nSPS) is 8.57. The van der Waals surface area contributed by atoms with Crippen molar-refractivity contribution in [1.29, 1.82) is 0 Å². The molecule has 0 bridgehead atoms. The first-order valence-corrected chi connectivity index (χ1v) is 7.61. The molecular formula is C21H28. The van der Waals surface area contributed by atoms with Crippen LogP contribution in [0.1, 0.15) is 43.0 Å². The summed E-state index contributed by atoms with van der Waals surface area (Å²) >= 11 is 0. The van der Waals surface area contributed by atoms with E-state index >= 15 is 0 Å². The van der Waals surface area contributed by atoms with Gasteiger partial charge in [0, 0.05) is 0 Å². The Kier molecular flexibility index (Phi) is 10.6. The van der Waals surface area contributed by atoms with E-state index in [1.807, 2.05) is 44.2 Å². The summed E-state index contributed by atoms with van der Waals surface area (Å²) in [5.74, 6) is 0. The second-order valence-corrected chi connectivity index (χ2v) is 4.33. The predicted molar refractivity (Wildman–Crippen MR) is 98.5 cm³/mol. The minimum atomic E-state index is 1.14. The number of hydrogen-bond donors (Lipinski definition) is 0. The van der Waals surface area contributed by atoms with Crippen LogP contribution in [0.2, 0.25) is 0 Å². The third-order valence-corrected chi connectivity index (χ3v) is 3.03. The molecule has 0 radical (unpaired) electrons. The molecule has 0 heteroatoms. The Morgan fingerprint density at radius 1 is 0.857 bits per heavy atom. The van der Waals surface area contributed by atoms with Gasteiger partial charge in [-0.15, -0.1) is 0 Å². The smallest absolute Gasteiger partial charge is 0.0161 e. The van der Waals surface area contributed by atoms with Crippen molar-refractivity contribution in [3.63, 3.8) is 0 Å². The van der Waals surface area contributed by atoms with Crippen molar-refractivity contribution >= 4 is 12.2 Å². The summed E-state index contributed by atoms with van der Waals surface area (Å²) in [7, 11) is 0. The average molecular weight is 280 g/mol. The molecule has 0 aliphatic heterocycles. The Labute approximate surface area is 130 Å². The molecule has 0 aliphatic carbocycles. The van der Waals surface area contributed by atoms with Gasteiger partial charge in [0.05, 0.1) is 0 Å². The summed E-state index contributed by atoms with van der Waals surface area (Å²) in [5.41, 5.74) is 4.99. The lowest BCUT2D eigenvalue weighted by molar-refractivity contribution is 1.14. The zero-order valence-corrected chi connectivity index (χ0v) is 13.9. The first-order chi connectivity index (χ1) is 10.2. The van der Waals surface area contributed by atoms with Gasteiger partial charge in [-0.3, -0.25) is 0 Å². The summed E-state index contributed by atoms with van der Waals surface area (Å²) in [6, 6.07) is 16.6. The zero-order chi connectivity index (χ0) is 16.1. The van der Waals surface area contributed by atoms with Crippen LogP contribution in [0, 0.1) is 6.92 Å². The molecule has 0 amide bonds. The lowest BCUT2D eigenvalue weighted by Crippen LogP contribution is -1.83. The van der Waals surface area contributed by atoms with E-state index in [9.17, 15) is 0 Å². The van der Waals surface area contributed by atoms with Gasteiger partial charge in [0.1, 0.15) is 0 Å². The lowest BCUT2D eigenvalue weighted by Gasteiger charge is -2.03. The fraction of sp³-hybridized carbons (Fsp3) is 0.238. The average Bonchev–Trinajstić information content (AvgIpc) is 2.57. The number of rotatable bonds is 3. The summed E-state index contributed by atoms with van der Waals surface area (Å²) in [6.07, 6.45) is 4.86. The van der Waals surface area contributed by atoms with E-state index in [0.717, 1.165) is 12.0 Å². The van der Waals surface area contributed by atoms with E-state index < -0.39 is 0 Å². The van der Waals surface area contributed by atoms with Crippen LogP contribution < -0.4 is 0 Å². The van der Waals surface area contributed by atoms with E-state index in [4.69, 9.17) is 0 Å². The third-order valence-electron chi connectivity index (χ3n) is 3.03. The SMILES string of the molecule is C=Cc1cccc(C)c1C=C.CC.CCc1ccccc1. The van der Waals surface area contributed by atoms with Crippen LogP contribution in [-0.4, -0.2) is 0 Å². The molecule has 112 valence electrons. The molecular weight excluding hydrogens is 252 g/mol. The molecule has 0 saturated heterocycles. The number of benzene rings is 2. The van der Waals surface area contributed by atoms with Crippen LogP contribution in [0.3, 0.4) is 0 Å². The maximum Gasteiger partial charge on any atom is -0.0161 e. The van der Waals surface area contributed by atoms with Crippen molar-refractivity contribution in [2.45, 2.75) is 34.1 Å². The molecule has 0 saturated carbocycles. The summed E-state index contributed by atoms with van der Waals surface area (Å²) in [5, 5.41) is 0. The van der Waals surface area contributed by atoms with Crippen molar-refractivity contribution in [2.24, 2.45) is 0 Å². The predicted octanol–water partition coefficient (Wildman–Crippen LogP) is 6.56. The first kappa shape index (κ1) is 18.9. The zero-order valence-electron chi connectivity index (χ0n) is 13.9. The molecule has 2 aromatic rings. The second-order valence-electron chi connectivity index (χ2n) is 4.33. The van der Waals surface area contributed by atoms with Crippen LogP contribution >= 0.6 is 0 Å². The van der Waals surface area contributed by atoms with Gasteiger partial charge in [-0.1, -0.05) is 94.6 Å². The van der Waals surface area contributed by atoms with E-state index in [-0.39, 0.29) is 0 Å². The highest BCUT2D eigenvalue weighted by molar-refractivity contribution is 5.65. The topological polar surface area (TPSA) is 0 Å². The Morgan fingerprint density at radius 2 is 1.48 bits per heavy atom. The molecule has 0 nitrogen and oxygen atoms in total. The molecule has 0 atom stereocenters. The molecule has 0 aliphatic rings. The summed E-state index contributed by atoms with van der Waals surface area (Å²) in [6.45, 7) is 15.7. The number of hydrogen-bond acceptors (Lipinski definition) is 0. The van der Waals surface area contributed by atoms with Gasteiger partial charge >= 0.3 is 0 Å². The molecule has 0 aromatic heterocycles. The highest BCUT2D eigenvalue weighted by Gasteiger charge is 1.96. The monoisotopic (exact) mass is 280 g/mol. The quantitative estimate of drug-likeness (QED) is 0.597. The van der Waals surface area contributed by atoms with Gasteiger partial charge in [0.15, 0.2) is 0 Å². The van der Waals surface area contributed by atoms with Crippen LogP contribution in [0.4, 0.5) is 0 Å². The maximum absolute atomic E-state index is 3.75. The fourth-order valence-corrected chi connectivity index (χ4v) is 1.87. The maximum atomic E-state index is 3.75. The molecule has 2 aromatic carbocycles. The van der Waals surface area contributed by atoms with Crippen molar-refractivity contribution < 1.29 is 0 Å². The molecule has 2 rings (SSSR count). The Morgan fingerprint density at radius 3 is 1.86 bits per heavy atom. The van der Waals surface area contributed by atoms with E-state index in [1.54, 1.807) is 0 Å². The first-order valence-electron chi connectivity index (χ1n) is 7.61. The molecule has 0 N–H and O–H groups in total. The van der Waals surface area contributed by atoms with Crippen molar-refractivity contribution in [3.8, 4) is 0 Å². The Hall–Kier alpha value is -2.08. The lowest BCUT2D eigenvalue weighted by atomic mass is 10.0. The highest BCUT2D eigenvalue weighted by atomic mass is 14.0. The summed E-state index contributed by atoms with van der Waals surface area (Å²) < 4.78 is 0. The van der Waals surface area contributed by atoms with Crippen LogP contribution in [0.25, 0.3) is 12.2 Å². The highest BCUT2D eigenvalue weighted by Crippen LogP contribution is 2.15. The van der Waals surface area contributed by atoms with Crippen molar-refractivity contribution in [1.82, 2.24) is 0 Å². The Bertz CT molecular complexity index is 521. The molecule has 0 spiro atoms. The van der Waals surface area contributed by atoms with Gasteiger partial charge in [-0.25, -0.2) is 0 Å². The van der Waals surface area contributed by atoms with Gasteiger partial charge in [-0.2, -0.15) is 0 Å². The minimum absolute atomic E-state index is 1.14. The second kappa shape index (κ2) is 11.7. The molecule has 21 heavy (non-hydrogen) atoms. The van der Waals surface area contributed by atoms with Gasteiger partial charge in [0.2, 0.25) is 0 Å². The van der Waals surface area contributed by atoms with Crippen LogP contribution in [0.15, 0.2) is 61.7 Å². The Balaban J connectivity index is 0.000000354. The van der Waals surface area contributed by atoms with E-state index in [0.29, 0.717) is 0 Å². The van der Waals surface area contributed by atoms with Gasteiger partial charge in [0.25, 0.3) is 0 Å². The van der Waals surface area contributed by atoms with Crippen molar-refractivity contribution in [2.75, 3.05) is 0 Å². The van der Waals surface area contributed by atoms with E-state index in [2.05, 4.69) is 57.3 Å². The standard InChI is InChI=1S/C11H12.C8H10.C2H6/c1-4-10-8-6-7-9(3)11(10)5-2;1-2-8-6-4-3-5-7-8;1-2/h4-8H,1-2H2,3H3;3-7H,2H2,1H3;1-2H3. The summed E-state index contributed by atoms with van der Waals surface area (Å²) in [4.78, 5) is 0. The van der Waals surface area contributed by atoms with Gasteiger partial charge in [-0.05, 0) is 35.6 Å². The van der Waals surface area contributed by atoms with Gasteiger partial charge < -0.3 is 0 Å². The number of aryl methyl sites for hydroxylation is 2. The molecule has 0 fully saturated rings. The third kappa shape index (κ3) is 6.76. The van der Waals surface area contributed by atoms with Crippen molar-refractivity contribution in [3.05, 3.63) is 83.9 Å². The molecule has 0 heterocycles.